The summed E-state index contributed by atoms with van der Waals surface area (Å²) in [6.45, 7) is 0. The molecule has 0 amide bonds. The minimum Gasteiger partial charge on any atom is -0.360 e. The zero-order chi connectivity index (χ0) is 9.38. The second-order valence-corrected chi connectivity index (χ2v) is 3.98. The maximum atomic E-state index is 4.31. The Bertz CT molecular complexity index is 551. The summed E-state index contributed by atoms with van der Waals surface area (Å²) in [4.78, 5) is 7.55. The van der Waals surface area contributed by atoms with Crippen LogP contribution in [0.1, 0.15) is 0 Å². The zero-order valence-electron chi connectivity index (χ0n) is 7.40. The number of nitrogens with zero attached hydrogens (tertiary/aromatic N) is 1. The van der Waals surface area contributed by atoms with Crippen molar-refractivity contribution in [1.82, 2.24) is 9.97 Å². The average Bonchev–Trinajstić information content (AvgIpc) is 2.85. The number of hydrogen-bond donors (Lipinski definition) is 1. The number of para-hydroxylation sites is 1. The third-order valence-electron chi connectivity index (χ3n) is 2.25. The minimum atomic E-state index is 1.07. The van der Waals surface area contributed by atoms with Crippen LogP contribution < -0.4 is 0 Å². The van der Waals surface area contributed by atoms with Gasteiger partial charge in [-0.15, -0.1) is 11.3 Å². The topological polar surface area (TPSA) is 28.7 Å². The Labute approximate surface area is 85.2 Å². The molecule has 0 unspecified atom stereocenters. The van der Waals surface area contributed by atoms with E-state index in [-0.39, 0.29) is 0 Å². The van der Waals surface area contributed by atoms with Crippen LogP contribution in [0, 0.1) is 0 Å². The normalized spacial score (nSPS) is 10.9. The molecule has 0 aliphatic carbocycles. The SMILES string of the molecule is c1ccc2c(-c3nccs3)c[nH]c2c1. The molecule has 68 valence electrons. The van der Waals surface area contributed by atoms with Gasteiger partial charge in [0.05, 0.1) is 0 Å². The Kier molecular flexibility index (Phi) is 1.64. The van der Waals surface area contributed by atoms with E-state index >= 15 is 0 Å². The van der Waals surface area contributed by atoms with Crippen LogP contribution in [0.2, 0.25) is 0 Å². The largest absolute Gasteiger partial charge is 0.360 e. The number of hydrogen-bond acceptors (Lipinski definition) is 2. The van der Waals surface area contributed by atoms with Gasteiger partial charge >= 0.3 is 0 Å². The fourth-order valence-corrected chi connectivity index (χ4v) is 2.27. The lowest BCUT2D eigenvalue weighted by atomic mass is 10.2. The molecule has 2 heterocycles. The summed E-state index contributed by atoms with van der Waals surface area (Å²) < 4.78 is 0. The Morgan fingerprint density at radius 3 is 3.00 bits per heavy atom. The predicted molar refractivity (Wildman–Crippen MR) is 59.4 cm³/mol. The molecule has 0 fully saturated rings. The zero-order valence-corrected chi connectivity index (χ0v) is 8.21. The predicted octanol–water partition coefficient (Wildman–Crippen LogP) is 3.29. The van der Waals surface area contributed by atoms with Crippen LogP contribution in [0.5, 0.6) is 0 Å². The maximum Gasteiger partial charge on any atom is 0.125 e. The molecule has 3 rings (SSSR count). The molecule has 0 bridgehead atoms. The number of benzene rings is 1. The molecule has 2 nitrogen and oxygen atoms in total. The van der Waals surface area contributed by atoms with E-state index in [0.717, 1.165) is 10.5 Å². The van der Waals surface area contributed by atoms with E-state index in [4.69, 9.17) is 0 Å². The molecule has 0 aliphatic heterocycles. The molecule has 0 spiro atoms. The molecule has 3 heteroatoms. The Morgan fingerprint density at radius 1 is 1.21 bits per heavy atom. The molecule has 14 heavy (non-hydrogen) atoms. The summed E-state index contributed by atoms with van der Waals surface area (Å²) in [6, 6.07) is 8.27. The van der Waals surface area contributed by atoms with Gasteiger partial charge in [0, 0.05) is 34.2 Å². The van der Waals surface area contributed by atoms with Crippen molar-refractivity contribution >= 4 is 22.2 Å². The standard InChI is InChI=1S/C11H8N2S/c1-2-4-10-8(3-1)9(7-13-10)11-12-5-6-14-11/h1-7,13H. The number of aromatic amines is 1. The second-order valence-electron chi connectivity index (χ2n) is 3.09. The van der Waals surface area contributed by atoms with Crippen molar-refractivity contribution in [2.75, 3.05) is 0 Å². The van der Waals surface area contributed by atoms with Crippen molar-refractivity contribution in [2.24, 2.45) is 0 Å². The smallest absolute Gasteiger partial charge is 0.125 e. The van der Waals surface area contributed by atoms with E-state index in [9.17, 15) is 0 Å². The number of aromatic nitrogens is 2. The molecular formula is C11H8N2S. The number of H-pyrrole nitrogens is 1. The molecule has 1 aromatic carbocycles. The van der Waals surface area contributed by atoms with Crippen molar-refractivity contribution in [1.29, 1.82) is 0 Å². The monoisotopic (exact) mass is 200 g/mol. The molecule has 0 saturated carbocycles. The van der Waals surface area contributed by atoms with Gasteiger partial charge in [-0.2, -0.15) is 0 Å². The Hall–Kier alpha value is -1.61. The summed E-state index contributed by atoms with van der Waals surface area (Å²) in [5.41, 5.74) is 2.35. The van der Waals surface area contributed by atoms with Gasteiger partial charge in [0.2, 0.25) is 0 Å². The Balaban J connectivity index is 2.33. The first-order chi connectivity index (χ1) is 6.95. The van der Waals surface area contributed by atoms with Gasteiger partial charge in [-0.25, -0.2) is 4.98 Å². The summed E-state index contributed by atoms with van der Waals surface area (Å²) in [5.74, 6) is 0. The first-order valence-corrected chi connectivity index (χ1v) is 5.29. The van der Waals surface area contributed by atoms with Crippen LogP contribution in [-0.4, -0.2) is 9.97 Å². The highest BCUT2D eigenvalue weighted by molar-refractivity contribution is 7.13. The summed E-state index contributed by atoms with van der Waals surface area (Å²) in [7, 11) is 0. The van der Waals surface area contributed by atoms with Crippen LogP contribution in [-0.2, 0) is 0 Å². The third-order valence-corrected chi connectivity index (χ3v) is 3.06. The second kappa shape index (κ2) is 2.96. The van der Waals surface area contributed by atoms with E-state index < -0.39 is 0 Å². The van der Waals surface area contributed by atoms with Crippen LogP contribution in [0.25, 0.3) is 21.5 Å². The van der Waals surface area contributed by atoms with E-state index in [2.05, 4.69) is 22.1 Å². The number of fused-ring (bicyclic) bond motifs is 1. The van der Waals surface area contributed by atoms with Gasteiger partial charge in [-0.1, -0.05) is 18.2 Å². The summed E-state index contributed by atoms with van der Waals surface area (Å²) in [5, 5.41) is 4.31. The number of thiazole rings is 1. The fourth-order valence-electron chi connectivity index (χ4n) is 1.60. The van der Waals surface area contributed by atoms with Gasteiger partial charge < -0.3 is 4.98 Å². The first kappa shape index (κ1) is 7.76. The van der Waals surface area contributed by atoms with Crippen molar-refractivity contribution in [2.45, 2.75) is 0 Å². The van der Waals surface area contributed by atoms with Crippen LogP contribution >= 0.6 is 11.3 Å². The van der Waals surface area contributed by atoms with Gasteiger partial charge in [0.25, 0.3) is 0 Å². The van der Waals surface area contributed by atoms with Crippen molar-refractivity contribution in [3.05, 3.63) is 42.0 Å². The highest BCUT2D eigenvalue weighted by atomic mass is 32.1. The van der Waals surface area contributed by atoms with Crippen LogP contribution in [0.15, 0.2) is 42.0 Å². The summed E-state index contributed by atoms with van der Waals surface area (Å²) in [6.07, 6.45) is 3.85. The maximum absolute atomic E-state index is 4.31. The average molecular weight is 200 g/mol. The fraction of sp³-hybridized carbons (Fsp3) is 0. The molecule has 0 radical (unpaired) electrons. The molecule has 0 atom stereocenters. The molecule has 3 aromatic rings. The van der Waals surface area contributed by atoms with Crippen molar-refractivity contribution in [3.8, 4) is 10.6 Å². The molecular weight excluding hydrogens is 192 g/mol. The lowest BCUT2D eigenvalue weighted by molar-refractivity contribution is 1.41. The highest BCUT2D eigenvalue weighted by Crippen LogP contribution is 2.29. The molecule has 1 N–H and O–H groups in total. The van der Waals surface area contributed by atoms with Crippen LogP contribution in [0.4, 0.5) is 0 Å². The van der Waals surface area contributed by atoms with Gasteiger partial charge in [-0.3, -0.25) is 0 Å². The van der Waals surface area contributed by atoms with E-state index in [1.54, 1.807) is 11.3 Å². The van der Waals surface area contributed by atoms with Gasteiger partial charge in [-0.05, 0) is 6.07 Å². The highest BCUT2D eigenvalue weighted by Gasteiger charge is 2.06. The van der Waals surface area contributed by atoms with Crippen LogP contribution in [0.3, 0.4) is 0 Å². The van der Waals surface area contributed by atoms with Gasteiger partial charge in [0.1, 0.15) is 5.01 Å². The lowest BCUT2D eigenvalue weighted by Gasteiger charge is -1.92. The lowest BCUT2D eigenvalue weighted by Crippen LogP contribution is -1.70. The van der Waals surface area contributed by atoms with E-state index in [1.807, 2.05) is 29.9 Å². The Morgan fingerprint density at radius 2 is 2.14 bits per heavy atom. The minimum absolute atomic E-state index is 1.07. The van der Waals surface area contributed by atoms with E-state index in [0.29, 0.717) is 0 Å². The molecule has 2 aromatic heterocycles. The van der Waals surface area contributed by atoms with Gasteiger partial charge in [0.15, 0.2) is 0 Å². The van der Waals surface area contributed by atoms with E-state index in [1.165, 1.54) is 10.9 Å². The number of nitrogens with one attached hydrogen (secondary N) is 1. The van der Waals surface area contributed by atoms with Crippen molar-refractivity contribution < 1.29 is 0 Å². The first-order valence-electron chi connectivity index (χ1n) is 4.41. The van der Waals surface area contributed by atoms with Crippen molar-refractivity contribution in [3.63, 3.8) is 0 Å². The molecule has 0 aliphatic rings. The summed E-state index contributed by atoms with van der Waals surface area (Å²) >= 11 is 1.66. The number of rotatable bonds is 1. The quantitative estimate of drug-likeness (QED) is 0.641. The third kappa shape index (κ3) is 1.06. The molecule has 0 saturated heterocycles.